The molecule has 1 saturated heterocycles. The highest BCUT2D eigenvalue weighted by atomic mass is 16.1. The van der Waals surface area contributed by atoms with Gasteiger partial charge in [-0.05, 0) is 78.6 Å². The number of nitrogens with one attached hydrogen (secondary N) is 1. The van der Waals surface area contributed by atoms with E-state index in [1.165, 1.54) is 44.9 Å². The number of carbonyl (C=O) groups excluding carboxylic acids is 2. The van der Waals surface area contributed by atoms with E-state index >= 15 is 0 Å². The summed E-state index contributed by atoms with van der Waals surface area (Å²) in [6, 6.07) is 0.285. The van der Waals surface area contributed by atoms with E-state index < -0.39 is 0 Å². The summed E-state index contributed by atoms with van der Waals surface area (Å²) >= 11 is 0. The lowest BCUT2D eigenvalue weighted by molar-refractivity contribution is -0.122. The van der Waals surface area contributed by atoms with Crippen molar-refractivity contribution in [3.05, 3.63) is 11.6 Å². The molecule has 3 aliphatic carbocycles. The zero-order valence-electron chi connectivity index (χ0n) is 19.9. The fourth-order valence-corrected chi connectivity index (χ4v) is 8.14. The van der Waals surface area contributed by atoms with Gasteiger partial charge < -0.3 is 5.32 Å². The first-order valence-electron chi connectivity index (χ1n) is 12.7. The van der Waals surface area contributed by atoms with Crippen LogP contribution in [-0.4, -0.2) is 17.7 Å². The summed E-state index contributed by atoms with van der Waals surface area (Å²) in [5.74, 6) is 3.79. The van der Waals surface area contributed by atoms with Crippen molar-refractivity contribution in [3.8, 4) is 0 Å². The van der Waals surface area contributed by atoms with Crippen LogP contribution in [0.1, 0.15) is 98.8 Å². The molecule has 3 nitrogen and oxygen atoms in total. The first-order chi connectivity index (χ1) is 14.1. The van der Waals surface area contributed by atoms with Crippen LogP contribution in [0, 0.1) is 40.4 Å². The molecule has 0 aromatic carbocycles. The smallest absolute Gasteiger partial charge is 0.224 e. The monoisotopic (exact) mass is 413 g/mol. The summed E-state index contributed by atoms with van der Waals surface area (Å²) in [6.45, 7) is 12.1. The Morgan fingerprint density at radius 2 is 1.80 bits per heavy atom. The number of allylic oxidation sites excluding steroid dienone is 1. The second-order valence-corrected chi connectivity index (χ2v) is 12.1. The normalized spacial score (nSPS) is 42.0. The van der Waals surface area contributed by atoms with E-state index in [0.29, 0.717) is 30.1 Å². The van der Waals surface area contributed by atoms with Crippen molar-refractivity contribution in [2.24, 2.45) is 40.4 Å². The SMILES string of the molecule is CC(C)CCCC(C)C1CCC2C3NC(=O)CC4=CC(=O)CC[C@]4(C)C3CC[C@]12C. The molecule has 1 heterocycles. The largest absolute Gasteiger partial charge is 0.352 e. The van der Waals surface area contributed by atoms with Gasteiger partial charge in [0, 0.05) is 18.9 Å². The van der Waals surface area contributed by atoms with Crippen molar-refractivity contribution in [1.82, 2.24) is 5.32 Å². The number of hydrogen-bond donors (Lipinski definition) is 1. The summed E-state index contributed by atoms with van der Waals surface area (Å²) in [5.41, 5.74) is 1.48. The second-order valence-electron chi connectivity index (χ2n) is 12.1. The van der Waals surface area contributed by atoms with Gasteiger partial charge in [0.2, 0.25) is 5.91 Å². The third kappa shape index (κ3) is 3.69. The lowest BCUT2D eigenvalue weighted by Gasteiger charge is -2.54. The molecule has 4 aliphatic rings. The number of fused-ring (bicyclic) bond motifs is 5. The molecule has 4 rings (SSSR count). The molecule has 5 unspecified atom stereocenters. The molecule has 0 aromatic rings. The summed E-state index contributed by atoms with van der Waals surface area (Å²) in [6.07, 6.45) is 12.9. The Kier molecular flexibility index (Phi) is 5.96. The Bertz CT molecular complexity index is 724. The van der Waals surface area contributed by atoms with Gasteiger partial charge in [0.1, 0.15) is 0 Å². The van der Waals surface area contributed by atoms with Crippen LogP contribution >= 0.6 is 0 Å². The van der Waals surface area contributed by atoms with E-state index in [1.807, 2.05) is 6.08 Å². The minimum absolute atomic E-state index is 0.0139. The maximum absolute atomic E-state index is 12.9. The first-order valence-corrected chi connectivity index (χ1v) is 12.7. The first kappa shape index (κ1) is 22.1. The van der Waals surface area contributed by atoms with E-state index in [-0.39, 0.29) is 23.1 Å². The minimum atomic E-state index is 0.0139. The summed E-state index contributed by atoms with van der Waals surface area (Å²) in [4.78, 5) is 25.0. The Hall–Kier alpha value is -1.12. The highest BCUT2D eigenvalue weighted by Gasteiger charge is 2.59. The summed E-state index contributed by atoms with van der Waals surface area (Å²) in [7, 11) is 0. The molecule has 30 heavy (non-hydrogen) atoms. The van der Waals surface area contributed by atoms with Crippen molar-refractivity contribution in [2.45, 2.75) is 105 Å². The van der Waals surface area contributed by atoms with Crippen LogP contribution in [0.15, 0.2) is 11.6 Å². The fourth-order valence-electron chi connectivity index (χ4n) is 8.14. The Morgan fingerprint density at radius 1 is 1.03 bits per heavy atom. The molecule has 0 bridgehead atoms. The van der Waals surface area contributed by atoms with Crippen molar-refractivity contribution in [2.75, 3.05) is 0 Å². The zero-order valence-corrected chi connectivity index (χ0v) is 19.9. The van der Waals surface area contributed by atoms with Crippen LogP contribution in [0.4, 0.5) is 0 Å². The zero-order chi connectivity index (χ0) is 21.7. The topological polar surface area (TPSA) is 46.2 Å². The van der Waals surface area contributed by atoms with Crippen molar-refractivity contribution < 1.29 is 9.59 Å². The number of carbonyl (C=O) groups is 2. The maximum atomic E-state index is 12.9. The number of amides is 1. The molecule has 0 radical (unpaired) electrons. The van der Waals surface area contributed by atoms with Gasteiger partial charge in [0.15, 0.2) is 5.78 Å². The number of ketones is 1. The Labute approximate surface area is 183 Å². The standard InChI is InChI=1S/C27H43NO2/c1-17(2)7-6-8-18(3)21-9-10-22-25-23(12-14-27(21,22)5)26(4)13-11-20(29)15-19(26)16-24(30)28-25/h15,17-18,21-23,25H,6-14,16H2,1-5H3,(H,28,30)/t18?,21?,22?,23?,25?,26-,27+/m0/s1. The van der Waals surface area contributed by atoms with E-state index in [0.717, 1.165) is 29.7 Å². The molecule has 2 saturated carbocycles. The second kappa shape index (κ2) is 8.10. The van der Waals surface area contributed by atoms with E-state index in [9.17, 15) is 9.59 Å². The van der Waals surface area contributed by atoms with Crippen LogP contribution in [-0.2, 0) is 9.59 Å². The molecule has 168 valence electrons. The van der Waals surface area contributed by atoms with Gasteiger partial charge >= 0.3 is 0 Å². The van der Waals surface area contributed by atoms with Crippen LogP contribution in [0.25, 0.3) is 0 Å². The molecule has 1 N–H and O–H groups in total. The molecular weight excluding hydrogens is 370 g/mol. The number of hydrogen-bond acceptors (Lipinski definition) is 2. The van der Waals surface area contributed by atoms with Gasteiger partial charge in [-0.2, -0.15) is 0 Å². The third-order valence-corrected chi connectivity index (χ3v) is 9.93. The average Bonchev–Trinajstić information content (AvgIpc) is 2.97. The predicted octanol–water partition coefficient (Wildman–Crippen LogP) is 6.08. The molecule has 1 amide bonds. The van der Waals surface area contributed by atoms with Gasteiger partial charge in [0.25, 0.3) is 0 Å². The minimum Gasteiger partial charge on any atom is -0.352 e. The fraction of sp³-hybridized carbons (Fsp3) is 0.852. The Balaban J connectivity index is 1.56. The molecule has 7 atom stereocenters. The molecule has 1 aliphatic heterocycles. The highest BCUT2D eigenvalue weighted by molar-refractivity contribution is 5.93. The van der Waals surface area contributed by atoms with E-state index in [2.05, 4.69) is 39.9 Å². The van der Waals surface area contributed by atoms with Crippen LogP contribution < -0.4 is 5.32 Å². The Morgan fingerprint density at radius 3 is 2.53 bits per heavy atom. The van der Waals surface area contributed by atoms with E-state index in [4.69, 9.17) is 0 Å². The number of rotatable bonds is 5. The van der Waals surface area contributed by atoms with Crippen LogP contribution in [0.3, 0.4) is 0 Å². The average molecular weight is 414 g/mol. The van der Waals surface area contributed by atoms with Crippen molar-refractivity contribution >= 4 is 11.7 Å². The molecule has 0 aromatic heterocycles. The maximum Gasteiger partial charge on any atom is 0.224 e. The third-order valence-electron chi connectivity index (χ3n) is 9.93. The lowest BCUT2D eigenvalue weighted by atomic mass is 9.52. The van der Waals surface area contributed by atoms with E-state index in [1.54, 1.807) is 0 Å². The lowest BCUT2D eigenvalue weighted by Crippen LogP contribution is -2.56. The summed E-state index contributed by atoms with van der Waals surface area (Å²) < 4.78 is 0. The molecular formula is C27H43NO2. The van der Waals surface area contributed by atoms with Gasteiger partial charge in [-0.15, -0.1) is 0 Å². The van der Waals surface area contributed by atoms with Gasteiger partial charge in [-0.25, -0.2) is 0 Å². The van der Waals surface area contributed by atoms with Gasteiger partial charge in [-0.3, -0.25) is 9.59 Å². The predicted molar refractivity (Wildman–Crippen MR) is 122 cm³/mol. The van der Waals surface area contributed by atoms with Gasteiger partial charge in [0.05, 0.1) is 0 Å². The quantitative estimate of drug-likeness (QED) is 0.594. The van der Waals surface area contributed by atoms with Crippen molar-refractivity contribution in [1.29, 1.82) is 0 Å². The van der Waals surface area contributed by atoms with Crippen molar-refractivity contribution in [3.63, 3.8) is 0 Å². The molecule has 3 heteroatoms. The van der Waals surface area contributed by atoms with Crippen LogP contribution in [0.5, 0.6) is 0 Å². The molecule has 0 spiro atoms. The van der Waals surface area contributed by atoms with Gasteiger partial charge in [-0.1, -0.05) is 59.5 Å². The molecule has 3 fully saturated rings. The summed E-state index contributed by atoms with van der Waals surface area (Å²) in [5, 5.41) is 3.50. The highest BCUT2D eigenvalue weighted by Crippen LogP contribution is 2.63. The van der Waals surface area contributed by atoms with Crippen LogP contribution in [0.2, 0.25) is 0 Å².